The van der Waals surface area contributed by atoms with Gasteiger partial charge >= 0.3 is 0 Å². The number of piperazine rings is 1. The molecule has 178 valence electrons. The molecule has 0 atom stereocenters. The van der Waals surface area contributed by atoms with E-state index in [0.29, 0.717) is 59.4 Å². The molecule has 0 bridgehead atoms. The smallest absolute Gasteiger partial charge is 0.261 e. The third-order valence-corrected chi connectivity index (χ3v) is 6.97. The van der Waals surface area contributed by atoms with Gasteiger partial charge in [0.2, 0.25) is 5.91 Å². The van der Waals surface area contributed by atoms with E-state index in [1.807, 2.05) is 29.2 Å². The van der Waals surface area contributed by atoms with E-state index in [-0.39, 0.29) is 30.2 Å². The molecule has 1 aromatic heterocycles. The minimum atomic E-state index is -0.227. The summed E-state index contributed by atoms with van der Waals surface area (Å²) in [7, 11) is 0. The van der Waals surface area contributed by atoms with Gasteiger partial charge in [-0.2, -0.15) is 0 Å². The number of carbonyl (C=O) groups excluding carboxylic acids is 2. The standard InChI is InChI=1S/C25H26Cl2N4O3/c1-16-28-24-8-5-19(30-11-9-29(10-12-30)17(2)32)14-21(24)25(34)31(16)15-20(33)6-3-18-4-7-22(26)23(27)13-18/h4-5,7-8,13-14H,3,6,9-12,15H2,1-2H3. The molecule has 0 spiro atoms. The van der Waals surface area contributed by atoms with E-state index in [4.69, 9.17) is 23.2 Å². The highest BCUT2D eigenvalue weighted by Crippen LogP contribution is 2.23. The summed E-state index contributed by atoms with van der Waals surface area (Å²) in [4.78, 5) is 46.1. The number of halogens is 2. The molecule has 2 aromatic carbocycles. The minimum absolute atomic E-state index is 0.0313. The maximum Gasteiger partial charge on any atom is 0.261 e. The van der Waals surface area contributed by atoms with Crippen molar-refractivity contribution in [2.45, 2.75) is 33.2 Å². The average Bonchev–Trinajstić information content (AvgIpc) is 2.82. The van der Waals surface area contributed by atoms with Gasteiger partial charge in [-0.25, -0.2) is 4.98 Å². The van der Waals surface area contributed by atoms with Crippen LogP contribution in [0.5, 0.6) is 0 Å². The van der Waals surface area contributed by atoms with Crippen molar-refractivity contribution in [2.24, 2.45) is 0 Å². The molecule has 0 N–H and O–H groups in total. The number of aromatic nitrogens is 2. The first-order chi connectivity index (χ1) is 16.2. The molecular formula is C25H26Cl2N4O3. The molecule has 0 saturated carbocycles. The summed E-state index contributed by atoms with van der Waals surface area (Å²) in [6.07, 6.45) is 0.795. The van der Waals surface area contributed by atoms with Crippen molar-refractivity contribution in [1.82, 2.24) is 14.5 Å². The topological polar surface area (TPSA) is 75.5 Å². The highest BCUT2D eigenvalue weighted by Gasteiger charge is 2.20. The van der Waals surface area contributed by atoms with Crippen LogP contribution in [0.2, 0.25) is 10.0 Å². The van der Waals surface area contributed by atoms with Crippen LogP contribution in [0.15, 0.2) is 41.2 Å². The number of fused-ring (bicyclic) bond motifs is 1. The molecule has 0 aliphatic carbocycles. The highest BCUT2D eigenvalue weighted by atomic mass is 35.5. The number of hydrogen-bond acceptors (Lipinski definition) is 5. The number of anilines is 1. The van der Waals surface area contributed by atoms with Gasteiger partial charge in [0.25, 0.3) is 5.56 Å². The third-order valence-electron chi connectivity index (χ3n) is 6.23. The molecule has 7 nitrogen and oxygen atoms in total. The maximum absolute atomic E-state index is 13.3. The zero-order valence-corrected chi connectivity index (χ0v) is 20.7. The number of Topliss-reactive ketones (excluding diaryl/α,β-unsaturated/α-hetero) is 1. The van der Waals surface area contributed by atoms with Crippen molar-refractivity contribution in [3.05, 3.63) is 68.2 Å². The molecular weight excluding hydrogens is 475 g/mol. The second-order valence-corrected chi connectivity index (χ2v) is 9.35. The summed E-state index contributed by atoms with van der Waals surface area (Å²) in [5.41, 5.74) is 2.21. The predicted molar refractivity (Wildman–Crippen MR) is 135 cm³/mol. The van der Waals surface area contributed by atoms with Gasteiger partial charge in [0.05, 0.1) is 27.5 Å². The first-order valence-electron chi connectivity index (χ1n) is 11.2. The molecule has 1 aliphatic rings. The summed E-state index contributed by atoms with van der Waals surface area (Å²) in [5, 5.41) is 1.41. The summed E-state index contributed by atoms with van der Waals surface area (Å²) in [5.74, 6) is 0.515. The lowest BCUT2D eigenvalue weighted by molar-refractivity contribution is -0.129. The van der Waals surface area contributed by atoms with Crippen LogP contribution in [-0.4, -0.2) is 52.3 Å². The van der Waals surface area contributed by atoms with Crippen LogP contribution in [0.1, 0.15) is 24.7 Å². The Labute approximate surface area is 207 Å². The lowest BCUT2D eigenvalue weighted by Crippen LogP contribution is -2.48. The summed E-state index contributed by atoms with van der Waals surface area (Å²) >= 11 is 12.0. The number of carbonyl (C=O) groups is 2. The van der Waals surface area contributed by atoms with Crippen LogP contribution in [0, 0.1) is 6.92 Å². The average molecular weight is 501 g/mol. The van der Waals surface area contributed by atoms with Crippen molar-refractivity contribution < 1.29 is 9.59 Å². The Kier molecular flexibility index (Phi) is 7.24. The molecule has 1 fully saturated rings. The summed E-state index contributed by atoms with van der Waals surface area (Å²) in [6, 6.07) is 10.9. The number of benzene rings is 2. The molecule has 1 saturated heterocycles. The van der Waals surface area contributed by atoms with Crippen molar-refractivity contribution in [1.29, 1.82) is 0 Å². The van der Waals surface area contributed by atoms with Crippen LogP contribution >= 0.6 is 23.2 Å². The van der Waals surface area contributed by atoms with Gasteiger partial charge in [-0.3, -0.25) is 19.0 Å². The molecule has 34 heavy (non-hydrogen) atoms. The second kappa shape index (κ2) is 10.2. The molecule has 1 amide bonds. The van der Waals surface area contributed by atoms with Crippen LogP contribution in [-0.2, 0) is 22.6 Å². The lowest BCUT2D eigenvalue weighted by atomic mass is 10.1. The van der Waals surface area contributed by atoms with E-state index in [9.17, 15) is 14.4 Å². The van der Waals surface area contributed by atoms with Gasteiger partial charge in [0.1, 0.15) is 5.82 Å². The Balaban J connectivity index is 1.51. The molecule has 0 unspecified atom stereocenters. The molecule has 4 rings (SSSR count). The van der Waals surface area contributed by atoms with E-state index < -0.39 is 0 Å². The quantitative estimate of drug-likeness (QED) is 0.513. The number of ketones is 1. The van der Waals surface area contributed by atoms with Crippen molar-refractivity contribution in [3.8, 4) is 0 Å². The van der Waals surface area contributed by atoms with E-state index in [1.54, 1.807) is 26.0 Å². The Morgan fingerprint density at radius 3 is 2.41 bits per heavy atom. The van der Waals surface area contributed by atoms with Gasteiger partial charge in [-0.05, 0) is 49.2 Å². The SMILES string of the molecule is CC(=O)N1CCN(c2ccc3nc(C)n(CC(=O)CCc4ccc(Cl)c(Cl)c4)c(=O)c3c2)CC1. The van der Waals surface area contributed by atoms with Crippen LogP contribution in [0.25, 0.3) is 10.9 Å². The fraction of sp³-hybridized carbons (Fsp3) is 0.360. The monoisotopic (exact) mass is 500 g/mol. The van der Waals surface area contributed by atoms with Gasteiger partial charge in [0.15, 0.2) is 5.78 Å². The first kappa shape index (κ1) is 24.2. The van der Waals surface area contributed by atoms with Gasteiger partial charge < -0.3 is 9.80 Å². The number of aryl methyl sites for hydroxylation is 2. The van der Waals surface area contributed by atoms with Crippen LogP contribution in [0.3, 0.4) is 0 Å². The molecule has 1 aliphatic heterocycles. The molecule has 3 aromatic rings. The largest absolute Gasteiger partial charge is 0.368 e. The van der Waals surface area contributed by atoms with Gasteiger partial charge in [-0.15, -0.1) is 0 Å². The first-order valence-corrected chi connectivity index (χ1v) is 12.0. The van der Waals surface area contributed by atoms with E-state index in [0.717, 1.165) is 11.3 Å². The van der Waals surface area contributed by atoms with Crippen molar-refractivity contribution >= 4 is 51.5 Å². The van der Waals surface area contributed by atoms with Crippen LogP contribution in [0.4, 0.5) is 5.69 Å². The third kappa shape index (κ3) is 5.26. The normalized spacial score (nSPS) is 14.0. The predicted octanol–water partition coefficient (Wildman–Crippen LogP) is 3.88. The molecule has 0 radical (unpaired) electrons. The molecule has 9 heteroatoms. The lowest BCUT2D eigenvalue weighted by Gasteiger charge is -2.35. The number of rotatable bonds is 6. The van der Waals surface area contributed by atoms with Gasteiger partial charge in [0, 0.05) is 45.2 Å². The Morgan fingerprint density at radius 2 is 1.74 bits per heavy atom. The van der Waals surface area contributed by atoms with Crippen molar-refractivity contribution in [2.75, 3.05) is 31.1 Å². The fourth-order valence-corrected chi connectivity index (χ4v) is 4.54. The second-order valence-electron chi connectivity index (χ2n) is 8.53. The maximum atomic E-state index is 13.3. The molecule has 2 heterocycles. The zero-order chi connectivity index (χ0) is 24.4. The summed E-state index contributed by atoms with van der Waals surface area (Å²) in [6.45, 7) is 5.98. The van der Waals surface area contributed by atoms with E-state index in [1.165, 1.54) is 4.57 Å². The number of amides is 1. The Bertz CT molecular complexity index is 1310. The number of nitrogens with zero attached hydrogens (tertiary/aromatic N) is 4. The minimum Gasteiger partial charge on any atom is -0.368 e. The van der Waals surface area contributed by atoms with E-state index >= 15 is 0 Å². The van der Waals surface area contributed by atoms with Crippen LogP contribution < -0.4 is 10.5 Å². The fourth-order valence-electron chi connectivity index (χ4n) is 4.22. The number of hydrogen-bond donors (Lipinski definition) is 0. The Hall–Kier alpha value is -2.90. The summed E-state index contributed by atoms with van der Waals surface area (Å²) < 4.78 is 1.44. The van der Waals surface area contributed by atoms with E-state index in [2.05, 4.69) is 9.88 Å². The Morgan fingerprint density at radius 1 is 1.00 bits per heavy atom. The van der Waals surface area contributed by atoms with Crippen molar-refractivity contribution in [3.63, 3.8) is 0 Å². The zero-order valence-electron chi connectivity index (χ0n) is 19.2. The highest BCUT2D eigenvalue weighted by molar-refractivity contribution is 6.42. The van der Waals surface area contributed by atoms with Gasteiger partial charge in [-0.1, -0.05) is 29.3 Å².